The van der Waals surface area contributed by atoms with Gasteiger partial charge in [0.15, 0.2) is 0 Å². The van der Waals surface area contributed by atoms with Gasteiger partial charge in [0.1, 0.15) is 6.23 Å². The highest BCUT2D eigenvalue weighted by atomic mass is 16.5. The van der Waals surface area contributed by atoms with Crippen molar-refractivity contribution in [3.8, 4) is 11.1 Å². The second-order valence-corrected chi connectivity index (χ2v) is 11.8. The van der Waals surface area contributed by atoms with Crippen molar-refractivity contribution in [3.05, 3.63) is 86.3 Å². The first kappa shape index (κ1) is 30.4. The Kier molecular flexibility index (Phi) is 10.1. The molecular weight excluding hydrogens is 526 g/mol. The van der Waals surface area contributed by atoms with Crippen LogP contribution in [0.5, 0.6) is 0 Å². The van der Waals surface area contributed by atoms with Crippen LogP contribution in [0.25, 0.3) is 11.1 Å². The molecule has 2 aliphatic rings. The number of aliphatic hydroxyl groups is 1. The number of hydrogen-bond acceptors (Lipinski definition) is 7. The third kappa shape index (κ3) is 7.13. The summed E-state index contributed by atoms with van der Waals surface area (Å²) in [5.41, 5.74) is 8.87. The summed E-state index contributed by atoms with van der Waals surface area (Å²) in [5, 5.41) is 18.3. The molecule has 4 N–H and O–H groups in total. The number of morpholine rings is 1. The van der Waals surface area contributed by atoms with Crippen LogP contribution >= 0.6 is 0 Å². The van der Waals surface area contributed by atoms with Crippen LogP contribution in [0.15, 0.2) is 47.3 Å². The number of nitrogens with one attached hydrogen (secondary N) is 3. The van der Waals surface area contributed by atoms with E-state index in [-0.39, 0.29) is 12.1 Å². The zero-order valence-corrected chi connectivity index (χ0v) is 25.6. The standard InChI is InChI=1S/C34H47N5O3/c1-5-39(29-10-12-35-13-11-29)32-20-28(27-8-6-26(7-9-27)22-38-14-16-42-17-15-38)19-30(25(32)4)33(40)36-21-31-23(2)18-24(3)37-34(31)41/h6-9,18-20,29,33,35-36,40H,5,10-17,21-22H2,1-4H3,(H,37,41). The Hall–Kier alpha value is -3.01. The minimum absolute atomic E-state index is 0.112. The van der Waals surface area contributed by atoms with Crippen LogP contribution in [0.1, 0.15) is 59.5 Å². The molecule has 3 heterocycles. The molecule has 5 rings (SSSR count). The number of H-pyrrole nitrogens is 1. The fourth-order valence-electron chi connectivity index (χ4n) is 6.44. The number of rotatable bonds is 10. The van der Waals surface area contributed by atoms with E-state index in [9.17, 15) is 9.90 Å². The molecule has 42 heavy (non-hydrogen) atoms. The molecule has 2 aliphatic heterocycles. The molecule has 0 radical (unpaired) electrons. The number of anilines is 1. The summed E-state index contributed by atoms with van der Waals surface area (Å²) >= 11 is 0. The van der Waals surface area contributed by atoms with E-state index < -0.39 is 6.23 Å². The van der Waals surface area contributed by atoms with Gasteiger partial charge in [0, 0.05) is 61.3 Å². The number of aryl methyl sites for hydroxylation is 2. The van der Waals surface area contributed by atoms with Gasteiger partial charge in [-0.05, 0) is 99.6 Å². The van der Waals surface area contributed by atoms with E-state index in [1.807, 2.05) is 19.9 Å². The highest BCUT2D eigenvalue weighted by Crippen LogP contribution is 2.35. The molecule has 0 bridgehead atoms. The van der Waals surface area contributed by atoms with Crippen LogP contribution in [-0.4, -0.2) is 67.0 Å². The third-order valence-electron chi connectivity index (χ3n) is 8.88. The number of pyridine rings is 1. The number of piperidine rings is 1. The van der Waals surface area contributed by atoms with Gasteiger partial charge in [-0.3, -0.25) is 15.0 Å². The van der Waals surface area contributed by atoms with Crippen LogP contribution in [0.2, 0.25) is 0 Å². The van der Waals surface area contributed by atoms with E-state index >= 15 is 0 Å². The van der Waals surface area contributed by atoms with Crippen molar-refractivity contribution in [1.29, 1.82) is 0 Å². The number of aliphatic hydroxyl groups excluding tert-OH is 1. The smallest absolute Gasteiger partial charge is 0.252 e. The Morgan fingerprint density at radius 2 is 1.76 bits per heavy atom. The van der Waals surface area contributed by atoms with E-state index in [1.165, 1.54) is 11.3 Å². The molecule has 1 aromatic heterocycles. The number of nitrogens with zero attached hydrogens (tertiary/aromatic N) is 2. The lowest BCUT2D eigenvalue weighted by Crippen LogP contribution is -2.43. The number of benzene rings is 2. The first-order chi connectivity index (χ1) is 20.3. The fraction of sp³-hybridized carbons (Fsp3) is 0.500. The molecule has 2 saturated heterocycles. The predicted octanol–water partition coefficient (Wildman–Crippen LogP) is 4.16. The molecular formula is C34H47N5O3. The third-order valence-corrected chi connectivity index (χ3v) is 8.88. The van der Waals surface area contributed by atoms with Crippen molar-refractivity contribution >= 4 is 5.69 Å². The molecule has 0 spiro atoms. The summed E-state index contributed by atoms with van der Waals surface area (Å²) < 4.78 is 5.50. The van der Waals surface area contributed by atoms with Gasteiger partial charge in [-0.2, -0.15) is 0 Å². The van der Waals surface area contributed by atoms with Crippen molar-refractivity contribution in [2.75, 3.05) is 50.8 Å². The average Bonchev–Trinajstić information content (AvgIpc) is 2.99. The SMILES string of the molecule is CCN(c1cc(-c2ccc(CN3CCOCC3)cc2)cc(C(O)NCc2c(C)cc(C)[nH]c2=O)c1C)C1CCNCC1. The summed E-state index contributed by atoms with van der Waals surface area (Å²) in [5.74, 6) is 0. The summed E-state index contributed by atoms with van der Waals surface area (Å²) in [4.78, 5) is 20.5. The van der Waals surface area contributed by atoms with Crippen LogP contribution < -0.4 is 21.1 Å². The summed E-state index contributed by atoms with van der Waals surface area (Å²) in [7, 11) is 0. The lowest BCUT2D eigenvalue weighted by Gasteiger charge is -2.37. The van der Waals surface area contributed by atoms with Gasteiger partial charge < -0.3 is 25.0 Å². The van der Waals surface area contributed by atoms with Crippen LogP contribution in [0.3, 0.4) is 0 Å². The molecule has 1 atom stereocenters. The van der Waals surface area contributed by atoms with Gasteiger partial charge >= 0.3 is 0 Å². The maximum atomic E-state index is 12.6. The van der Waals surface area contributed by atoms with Crippen molar-refractivity contribution in [1.82, 2.24) is 20.5 Å². The Morgan fingerprint density at radius 3 is 2.43 bits per heavy atom. The Morgan fingerprint density at radius 1 is 1.05 bits per heavy atom. The van der Waals surface area contributed by atoms with Crippen LogP contribution in [-0.2, 0) is 17.8 Å². The predicted molar refractivity (Wildman–Crippen MR) is 170 cm³/mol. The van der Waals surface area contributed by atoms with E-state index in [1.54, 1.807) is 0 Å². The zero-order valence-electron chi connectivity index (χ0n) is 25.6. The Labute approximate surface area is 250 Å². The van der Waals surface area contributed by atoms with Gasteiger partial charge in [-0.1, -0.05) is 24.3 Å². The first-order valence-electron chi connectivity index (χ1n) is 15.5. The van der Waals surface area contributed by atoms with E-state index in [4.69, 9.17) is 4.74 Å². The van der Waals surface area contributed by atoms with E-state index in [0.717, 1.165) is 98.8 Å². The largest absolute Gasteiger partial charge is 0.379 e. The molecule has 0 aliphatic carbocycles. The van der Waals surface area contributed by atoms with Crippen molar-refractivity contribution in [2.24, 2.45) is 0 Å². The highest BCUT2D eigenvalue weighted by molar-refractivity contribution is 5.73. The normalized spacial score (nSPS) is 17.4. The molecule has 8 heteroatoms. The number of ether oxygens (including phenoxy) is 1. The highest BCUT2D eigenvalue weighted by Gasteiger charge is 2.25. The Bertz CT molecular complexity index is 1390. The van der Waals surface area contributed by atoms with Gasteiger partial charge in [-0.25, -0.2) is 0 Å². The quantitative estimate of drug-likeness (QED) is 0.271. The molecule has 0 amide bonds. The maximum Gasteiger partial charge on any atom is 0.252 e. The topological polar surface area (TPSA) is 92.9 Å². The van der Waals surface area contributed by atoms with E-state index in [0.29, 0.717) is 11.6 Å². The fourth-order valence-corrected chi connectivity index (χ4v) is 6.44. The minimum Gasteiger partial charge on any atom is -0.379 e. The molecule has 0 saturated carbocycles. The van der Waals surface area contributed by atoms with Crippen LogP contribution in [0.4, 0.5) is 5.69 Å². The zero-order chi connectivity index (χ0) is 29.6. The number of aromatic nitrogens is 1. The molecule has 3 aromatic rings. The Balaban J connectivity index is 1.46. The first-order valence-corrected chi connectivity index (χ1v) is 15.5. The van der Waals surface area contributed by atoms with E-state index in [2.05, 4.69) is 75.7 Å². The monoisotopic (exact) mass is 573 g/mol. The molecule has 2 fully saturated rings. The van der Waals surface area contributed by atoms with Crippen LogP contribution in [0, 0.1) is 20.8 Å². The van der Waals surface area contributed by atoms with Gasteiger partial charge in [0.2, 0.25) is 0 Å². The number of aromatic amines is 1. The molecule has 226 valence electrons. The lowest BCUT2D eigenvalue weighted by atomic mass is 9.94. The molecule has 1 unspecified atom stereocenters. The summed E-state index contributed by atoms with van der Waals surface area (Å²) in [6.45, 7) is 15.8. The lowest BCUT2D eigenvalue weighted by molar-refractivity contribution is 0.0342. The van der Waals surface area contributed by atoms with Crippen molar-refractivity contribution in [3.63, 3.8) is 0 Å². The van der Waals surface area contributed by atoms with Crippen molar-refractivity contribution in [2.45, 2.75) is 65.9 Å². The maximum absolute atomic E-state index is 12.6. The summed E-state index contributed by atoms with van der Waals surface area (Å²) in [6.07, 6.45) is 1.27. The van der Waals surface area contributed by atoms with Gasteiger partial charge in [-0.15, -0.1) is 0 Å². The summed E-state index contributed by atoms with van der Waals surface area (Å²) in [6, 6.07) is 15.7. The van der Waals surface area contributed by atoms with Gasteiger partial charge in [0.25, 0.3) is 5.56 Å². The van der Waals surface area contributed by atoms with Crippen molar-refractivity contribution < 1.29 is 9.84 Å². The molecule has 8 nitrogen and oxygen atoms in total. The second kappa shape index (κ2) is 14.0. The number of hydrogen-bond donors (Lipinski definition) is 4. The average molecular weight is 574 g/mol. The van der Waals surface area contributed by atoms with Gasteiger partial charge in [0.05, 0.1) is 13.2 Å². The second-order valence-electron chi connectivity index (χ2n) is 11.8. The molecule has 2 aromatic carbocycles. The minimum atomic E-state index is -0.920.